The van der Waals surface area contributed by atoms with Gasteiger partial charge >= 0.3 is 0 Å². The fraction of sp³-hybridized carbons (Fsp3) is 0.833. The molecule has 50 valence electrons. The molecule has 0 aliphatic heterocycles. The zero-order valence-electron chi connectivity index (χ0n) is 4.88. The number of fused-ring (bicyclic) bond motifs is 1. The average Bonchev–Trinajstić information content (AvgIpc) is 2.30. The van der Waals surface area contributed by atoms with Crippen LogP contribution in [-0.4, -0.2) is 18.0 Å². The molecule has 0 aromatic carbocycles. The summed E-state index contributed by atoms with van der Waals surface area (Å²) < 4.78 is 12.4. The monoisotopic (exact) mass is 129 g/mol. The van der Waals surface area contributed by atoms with E-state index in [1.165, 1.54) is 0 Å². The lowest BCUT2D eigenvalue weighted by Gasteiger charge is -2.00. The number of halogens is 1. The van der Waals surface area contributed by atoms with Gasteiger partial charge in [-0.15, -0.1) is 0 Å². The van der Waals surface area contributed by atoms with Gasteiger partial charge in [0.2, 0.25) is 0 Å². The largest absolute Gasteiger partial charge is 0.327 e. The molecule has 2 saturated carbocycles. The molecule has 2 rings (SSSR count). The number of ketones is 1. The van der Waals surface area contributed by atoms with Crippen LogP contribution in [0.25, 0.3) is 0 Å². The van der Waals surface area contributed by atoms with Gasteiger partial charge in [-0.3, -0.25) is 4.79 Å². The van der Waals surface area contributed by atoms with E-state index in [1.807, 2.05) is 0 Å². The van der Waals surface area contributed by atoms with E-state index in [1.54, 1.807) is 0 Å². The van der Waals surface area contributed by atoms with E-state index in [9.17, 15) is 9.18 Å². The van der Waals surface area contributed by atoms with Crippen LogP contribution in [0.5, 0.6) is 0 Å². The second-order valence-electron chi connectivity index (χ2n) is 2.88. The standard InChI is InChI=1S/C6H8FNO/c7-6-4-2(8)1-3(9)5(4)6/h2,4-6H,1,8H2. The second-order valence-corrected chi connectivity index (χ2v) is 2.88. The summed E-state index contributed by atoms with van der Waals surface area (Å²) in [6, 6.07) is -0.183. The van der Waals surface area contributed by atoms with Crippen LogP contribution in [-0.2, 0) is 4.79 Å². The van der Waals surface area contributed by atoms with Crippen molar-refractivity contribution in [1.29, 1.82) is 0 Å². The highest BCUT2D eigenvalue weighted by atomic mass is 19.1. The first-order valence-electron chi connectivity index (χ1n) is 3.14. The highest BCUT2D eigenvalue weighted by Crippen LogP contribution is 2.51. The summed E-state index contributed by atoms with van der Waals surface area (Å²) in [5.41, 5.74) is 5.44. The van der Waals surface area contributed by atoms with Crippen molar-refractivity contribution < 1.29 is 9.18 Å². The number of carbonyl (C=O) groups is 1. The first kappa shape index (κ1) is 5.35. The van der Waals surface area contributed by atoms with Gasteiger partial charge in [0, 0.05) is 18.4 Å². The number of nitrogens with two attached hydrogens (primary N) is 1. The molecule has 2 N–H and O–H groups in total. The first-order chi connectivity index (χ1) is 4.22. The van der Waals surface area contributed by atoms with E-state index in [-0.39, 0.29) is 23.7 Å². The summed E-state index contributed by atoms with van der Waals surface area (Å²) in [6.07, 6.45) is -0.503. The van der Waals surface area contributed by atoms with Crippen molar-refractivity contribution in [2.45, 2.75) is 18.6 Å². The first-order valence-corrected chi connectivity index (χ1v) is 3.14. The molecule has 4 atom stereocenters. The number of carbonyl (C=O) groups excluding carboxylic acids is 1. The molecule has 9 heavy (non-hydrogen) atoms. The molecule has 0 amide bonds. The zero-order chi connectivity index (χ0) is 6.59. The van der Waals surface area contributed by atoms with Crippen LogP contribution in [0.15, 0.2) is 0 Å². The smallest absolute Gasteiger partial charge is 0.140 e. The zero-order valence-corrected chi connectivity index (χ0v) is 4.88. The Bertz CT molecular complexity index is 170. The van der Waals surface area contributed by atoms with Crippen LogP contribution in [0.1, 0.15) is 6.42 Å². The quantitative estimate of drug-likeness (QED) is 0.495. The van der Waals surface area contributed by atoms with Crippen molar-refractivity contribution in [3.8, 4) is 0 Å². The molecule has 3 heteroatoms. The molecule has 2 aliphatic rings. The van der Waals surface area contributed by atoms with Crippen molar-refractivity contribution in [1.82, 2.24) is 0 Å². The summed E-state index contributed by atoms with van der Waals surface area (Å²) in [5, 5.41) is 0. The maximum atomic E-state index is 12.4. The normalized spacial score (nSPS) is 55.6. The van der Waals surface area contributed by atoms with Gasteiger partial charge in [-0.1, -0.05) is 0 Å². The van der Waals surface area contributed by atoms with E-state index < -0.39 is 6.17 Å². The van der Waals surface area contributed by atoms with Gasteiger partial charge < -0.3 is 5.73 Å². The third-order valence-corrected chi connectivity index (χ3v) is 2.29. The molecule has 0 spiro atoms. The van der Waals surface area contributed by atoms with Gasteiger partial charge in [0.15, 0.2) is 0 Å². The number of rotatable bonds is 0. The van der Waals surface area contributed by atoms with E-state index in [2.05, 4.69) is 0 Å². The van der Waals surface area contributed by atoms with E-state index >= 15 is 0 Å². The predicted octanol–water partition coefficient (Wildman–Crippen LogP) is -0.129. The Labute approximate surface area is 52.2 Å². The van der Waals surface area contributed by atoms with Gasteiger partial charge in [0.1, 0.15) is 12.0 Å². The minimum atomic E-state index is -0.902. The fourth-order valence-corrected chi connectivity index (χ4v) is 1.69. The topological polar surface area (TPSA) is 43.1 Å². The molecule has 0 saturated heterocycles. The molecule has 0 radical (unpaired) electrons. The van der Waals surface area contributed by atoms with Gasteiger partial charge in [-0.05, 0) is 0 Å². The minimum Gasteiger partial charge on any atom is -0.327 e. The van der Waals surface area contributed by atoms with Crippen LogP contribution >= 0.6 is 0 Å². The molecule has 0 aromatic rings. The average molecular weight is 129 g/mol. The number of Topliss-reactive ketones (excluding diaryl/α,β-unsaturated/α-hetero) is 1. The summed E-state index contributed by atoms with van der Waals surface area (Å²) in [5.74, 6) is -0.391. The molecular weight excluding hydrogens is 121 g/mol. The number of hydrogen-bond acceptors (Lipinski definition) is 2. The van der Waals surface area contributed by atoms with Crippen LogP contribution in [0.3, 0.4) is 0 Å². The van der Waals surface area contributed by atoms with Crippen LogP contribution < -0.4 is 5.73 Å². The molecule has 2 fully saturated rings. The SMILES string of the molecule is NC1CC(=O)C2C(F)C12. The Morgan fingerprint density at radius 3 is 2.56 bits per heavy atom. The van der Waals surface area contributed by atoms with Gasteiger partial charge in [0.25, 0.3) is 0 Å². The Morgan fingerprint density at radius 2 is 2.33 bits per heavy atom. The Kier molecular flexibility index (Phi) is 0.799. The highest BCUT2D eigenvalue weighted by molar-refractivity contribution is 5.88. The minimum absolute atomic E-state index is 0.0278. The van der Waals surface area contributed by atoms with Crippen LogP contribution in [0, 0.1) is 11.8 Å². The molecule has 0 bridgehead atoms. The van der Waals surface area contributed by atoms with E-state index in [0.717, 1.165) is 0 Å². The molecule has 4 unspecified atom stereocenters. The van der Waals surface area contributed by atoms with Gasteiger partial charge in [-0.25, -0.2) is 4.39 Å². The Balaban J connectivity index is 2.19. The van der Waals surface area contributed by atoms with Crippen molar-refractivity contribution in [2.24, 2.45) is 17.6 Å². The fourth-order valence-electron chi connectivity index (χ4n) is 1.69. The molecular formula is C6H8FNO. The summed E-state index contributed by atoms with van der Waals surface area (Å²) >= 11 is 0. The Morgan fingerprint density at radius 1 is 1.67 bits per heavy atom. The predicted molar refractivity (Wildman–Crippen MR) is 29.5 cm³/mol. The lowest BCUT2D eigenvalue weighted by Crippen LogP contribution is -2.22. The van der Waals surface area contributed by atoms with E-state index in [4.69, 9.17) is 5.73 Å². The maximum absolute atomic E-state index is 12.4. The molecule has 2 nitrogen and oxygen atoms in total. The molecule has 0 heterocycles. The van der Waals surface area contributed by atoms with E-state index in [0.29, 0.717) is 6.42 Å². The lowest BCUT2D eigenvalue weighted by molar-refractivity contribution is -0.119. The molecule has 2 aliphatic carbocycles. The van der Waals surface area contributed by atoms with Crippen molar-refractivity contribution >= 4 is 5.78 Å². The van der Waals surface area contributed by atoms with Crippen LogP contribution in [0.4, 0.5) is 4.39 Å². The van der Waals surface area contributed by atoms with Gasteiger partial charge in [0.05, 0.1) is 5.92 Å². The summed E-state index contributed by atoms with van der Waals surface area (Å²) in [4.78, 5) is 10.7. The second kappa shape index (κ2) is 1.34. The number of hydrogen-bond donors (Lipinski definition) is 1. The van der Waals surface area contributed by atoms with Crippen molar-refractivity contribution in [3.05, 3.63) is 0 Å². The Hall–Kier alpha value is -0.440. The van der Waals surface area contributed by atoms with Gasteiger partial charge in [-0.2, -0.15) is 0 Å². The van der Waals surface area contributed by atoms with Crippen LogP contribution in [0.2, 0.25) is 0 Å². The third-order valence-electron chi connectivity index (χ3n) is 2.29. The number of alkyl halides is 1. The highest BCUT2D eigenvalue weighted by Gasteiger charge is 2.63. The summed E-state index contributed by atoms with van der Waals surface area (Å²) in [6.45, 7) is 0. The lowest BCUT2D eigenvalue weighted by atomic mass is 10.2. The van der Waals surface area contributed by atoms with Crippen molar-refractivity contribution in [2.75, 3.05) is 0 Å². The third kappa shape index (κ3) is 0.503. The molecule has 0 aromatic heterocycles. The summed E-state index contributed by atoms with van der Waals surface area (Å²) in [7, 11) is 0. The van der Waals surface area contributed by atoms with Crippen molar-refractivity contribution in [3.63, 3.8) is 0 Å². The maximum Gasteiger partial charge on any atom is 0.140 e.